The monoisotopic (exact) mass is 257 g/mol. The zero-order valence-corrected chi connectivity index (χ0v) is 11.3. The van der Waals surface area contributed by atoms with Gasteiger partial charge in [-0.3, -0.25) is 0 Å². The van der Waals surface area contributed by atoms with Gasteiger partial charge in [-0.15, -0.1) is 0 Å². The van der Waals surface area contributed by atoms with Gasteiger partial charge in [-0.25, -0.2) is 4.98 Å². The number of H-pyrrole nitrogens is 1. The average molecular weight is 257 g/mol. The van der Waals surface area contributed by atoms with Crippen molar-refractivity contribution in [3.8, 4) is 11.3 Å². The molecule has 1 aromatic carbocycles. The van der Waals surface area contributed by atoms with Crippen LogP contribution in [-0.4, -0.2) is 29.7 Å². The minimum Gasteiger partial charge on any atom is -0.380 e. The molecule has 1 aromatic heterocycles. The normalized spacial score (nSPS) is 22.8. The van der Waals surface area contributed by atoms with Gasteiger partial charge < -0.3 is 15.0 Å². The van der Waals surface area contributed by atoms with Crippen LogP contribution in [0, 0.1) is 6.92 Å². The standard InChI is InChI=1S/C15H19N3O/c1-10-14(11-6-4-3-5-7-11)18-15(17-10)13-8-12(19-2)9-16-13/h3-7,12-13,16H,8-9H2,1-2H3,(H,17,18). The van der Waals surface area contributed by atoms with Crippen LogP contribution in [0.25, 0.3) is 11.3 Å². The van der Waals surface area contributed by atoms with E-state index in [-0.39, 0.29) is 12.1 Å². The number of rotatable bonds is 3. The number of aryl methyl sites for hydroxylation is 1. The zero-order chi connectivity index (χ0) is 13.2. The number of hydrogen-bond acceptors (Lipinski definition) is 3. The molecule has 0 saturated carbocycles. The lowest BCUT2D eigenvalue weighted by molar-refractivity contribution is 0.117. The topological polar surface area (TPSA) is 49.9 Å². The SMILES string of the molecule is COC1CNC(c2nc(-c3ccccc3)c(C)[nH]2)C1. The summed E-state index contributed by atoms with van der Waals surface area (Å²) in [5.41, 5.74) is 3.31. The van der Waals surface area contributed by atoms with Crippen LogP contribution in [0.2, 0.25) is 0 Å². The molecule has 2 atom stereocenters. The molecule has 1 aliphatic heterocycles. The maximum atomic E-state index is 5.38. The first-order valence-electron chi connectivity index (χ1n) is 6.66. The Morgan fingerprint density at radius 2 is 2.05 bits per heavy atom. The average Bonchev–Trinajstić information content (AvgIpc) is 3.06. The van der Waals surface area contributed by atoms with Crippen molar-refractivity contribution in [2.75, 3.05) is 13.7 Å². The third kappa shape index (κ3) is 2.41. The van der Waals surface area contributed by atoms with Crippen LogP contribution in [-0.2, 0) is 4.74 Å². The predicted octanol–water partition coefficient (Wildman–Crippen LogP) is 2.43. The number of nitrogens with one attached hydrogen (secondary N) is 2. The van der Waals surface area contributed by atoms with Gasteiger partial charge in [-0.2, -0.15) is 0 Å². The molecule has 1 fully saturated rings. The molecule has 4 nitrogen and oxygen atoms in total. The molecule has 0 bridgehead atoms. The van der Waals surface area contributed by atoms with Crippen LogP contribution in [0.3, 0.4) is 0 Å². The lowest BCUT2D eigenvalue weighted by Gasteiger charge is -2.06. The van der Waals surface area contributed by atoms with Crippen molar-refractivity contribution in [1.82, 2.24) is 15.3 Å². The molecule has 1 aliphatic rings. The number of benzene rings is 1. The molecule has 0 aliphatic carbocycles. The Balaban J connectivity index is 1.86. The van der Waals surface area contributed by atoms with Gasteiger partial charge in [0.2, 0.25) is 0 Å². The fourth-order valence-electron chi connectivity index (χ4n) is 2.62. The summed E-state index contributed by atoms with van der Waals surface area (Å²) in [5, 5.41) is 3.45. The first-order chi connectivity index (χ1) is 9.28. The second-order valence-electron chi connectivity index (χ2n) is 5.02. The van der Waals surface area contributed by atoms with Gasteiger partial charge >= 0.3 is 0 Å². The molecule has 2 aromatic rings. The minimum atomic E-state index is 0.265. The summed E-state index contributed by atoms with van der Waals surface area (Å²) in [5.74, 6) is 1.01. The van der Waals surface area contributed by atoms with Crippen molar-refractivity contribution in [2.24, 2.45) is 0 Å². The highest BCUT2D eigenvalue weighted by Gasteiger charge is 2.27. The van der Waals surface area contributed by atoms with Crippen LogP contribution in [0.4, 0.5) is 0 Å². The van der Waals surface area contributed by atoms with Gasteiger partial charge in [0, 0.05) is 24.9 Å². The van der Waals surface area contributed by atoms with E-state index >= 15 is 0 Å². The van der Waals surface area contributed by atoms with Crippen molar-refractivity contribution < 1.29 is 4.74 Å². The number of nitrogens with zero attached hydrogens (tertiary/aromatic N) is 1. The Morgan fingerprint density at radius 3 is 2.74 bits per heavy atom. The largest absolute Gasteiger partial charge is 0.380 e. The van der Waals surface area contributed by atoms with Gasteiger partial charge in [0.1, 0.15) is 5.82 Å². The van der Waals surface area contributed by atoms with E-state index in [0.29, 0.717) is 0 Å². The smallest absolute Gasteiger partial charge is 0.124 e. The summed E-state index contributed by atoms with van der Waals surface area (Å²) in [4.78, 5) is 8.16. The zero-order valence-electron chi connectivity index (χ0n) is 11.3. The molecule has 19 heavy (non-hydrogen) atoms. The third-order valence-corrected chi connectivity index (χ3v) is 3.70. The van der Waals surface area contributed by atoms with E-state index in [9.17, 15) is 0 Å². The molecule has 0 amide bonds. The van der Waals surface area contributed by atoms with Gasteiger partial charge in [0.15, 0.2) is 0 Å². The second-order valence-corrected chi connectivity index (χ2v) is 5.02. The number of ether oxygens (including phenoxy) is 1. The van der Waals surface area contributed by atoms with E-state index in [2.05, 4.69) is 29.4 Å². The molecule has 3 rings (SSSR count). The second kappa shape index (κ2) is 5.15. The van der Waals surface area contributed by atoms with Crippen molar-refractivity contribution in [3.05, 3.63) is 41.9 Å². The summed E-state index contributed by atoms with van der Waals surface area (Å²) in [7, 11) is 1.76. The number of hydrogen-bond donors (Lipinski definition) is 2. The lowest BCUT2D eigenvalue weighted by atomic mass is 10.1. The van der Waals surface area contributed by atoms with Crippen molar-refractivity contribution >= 4 is 0 Å². The Morgan fingerprint density at radius 1 is 1.26 bits per heavy atom. The Hall–Kier alpha value is -1.65. The molecule has 2 N–H and O–H groups in total. The molecule has 2 unspecified atom stereocenters. The molecule has 0 radical (unpaired) electrons. The maximum absolute atomic E-state index is 5.38. The lowest BCUT2D eigenvalue weighted by Crippen LogP contribution is -2.16. The number of aromatic amines is 1. The minimum absolute atomic E-state index is 0.265. The molecular formula is C15H19N3O. The highest BCUT2D eigenvalue weighted by Crippen LogP contribution is 2.27. The van der Waals surface area contributed by atoms with Crippen molar-refractivity contribution in [3.63, 3.8) is 0 Å². The summed E-state index contributed by atoms with van der Waals surface area (Å²) in [6, 6.07) is 10.5. The van der Waals surface area contributed by atoms with Crippen LogP contribution in [0.15, 0.2) is 30.3 Å². The molecule has 0 spiro atoms. The highest BCUT2D eigenvalue weighted by molar-refractivity contribution is 5.61. The van der Waals surface area contributed by atoms with E-state index in [1.54, 1.807) is 7.11 Å². The van der Waals surface area contributed by atoms with Crippen LogP contribution >= 0.6 is 0 Å². The van der Waals surface area contributed by atoms with Crippen molar-refractivity contribution in [1.29, 1.82) is 0 Å². The molecule has 1 saturated heterocycles. The fourth-order valence-corrected chi connectivity index (χ4v) is 2.62. The summed E-state index contributed by atoms with van der Waals surface area (Å²) in [6.07, 6.45) is 1.26. The van der Waals surface area contributed by atoms with E-state index in [1.807, 2.05) is 18.2 Å². The van der Waals surface area contributed by atoms with Crippen LogP contribution < -0.4 is 5.32 Å². The van der Waals surface area contributed by atoms with E-state index < -0.39 is 0 Å². The number of imidazole rings is 1. The van der Waals surface area contributed by atoms with Crippen LogP contribution in [0.5, 0.6) is 0 Å². The summed E-state index contributed by atoms with van der Waals surface area (Å²) in [6.45, 7) is 2.96. The predicted molar refractivity (Wildman–Crippen MR) is 74.9 cm³/mol. The molecule has 2 heterocycles. The van der Waals surface area contributed by atoms with Crippen molar-refractivity contribution in [2.45, 2.75) is 25.5 Å². The van der Waals surface area contributed by atoms with E-state index in [0.717, 1.165) is 35.7 Å². The molecular weight excluding hydrogens is 238 g/mol. The number of methoxy groups -OCH3 is 1. The van der Waals surface area contributed by atoms with Gasteiger partial charge in [-0.1, -0.05) is 30.3 Å². The summed E-state index contributed by atoms with van der Waals surface area (Å²) >= 11 is 0. The first kappa shape index (κ1) is 12.4. The number of aromatic nitrogens is 2. The third-order valence-electron chi connectivity index (χ3n) is 3.70. The van der Waals surface area contributed by atoms with Gasteiger partial charge in [-0.05, 0) is 13.3 Å². The van der Waals surface area contributed by atoms with Crippen LogP contribution in [0.1, 0.15) is 24.0 Å². The molecule has 100 valence electrons. The van der Waals surface area contributed by atoms with E-state index in [4.69, 9.17) is 9.72 Å². The quantitative estimate of drug-likeness (QED) is 0.888. The molecule has 4 heteroatoms. The summed E-state index contributed by atoms with van der Waals surface area (Å²) < 4.78 is 5.38. The van der Waals surface area contributed by atoms with E-state index in [1.165, 1.54) is 0 Å². The Labute approximate surface area is 113 Å². The highest BCUT2D eigenvalue weighted by atomic mass is 16.5. The van der Waals surface area contributed by atoms with Gasteiger partial charge in [0.25, 0.3) is 0 Å². The Bertz CT molecular complexity index is 550. The maximum Gasteiger partial charge on any atom is 0.124 e. The van der Waals surface area contributed by atoms with Gasteiger partial charge in [0.05, 0.1) is 17.8 Å². The first-order valence-corrected chi connectivity index (χ1v) is 6.66. The Kier molecular flexibility index (Phi) is 3.36. The fraction of sp³-hybridized carbons (Fsp3) is 0.400.